The van der Waals surface area contributed by atoms with E-state index >= 15 is 0 Å². The SMILES string of the molecule is Cc1ccc(C(CNS(=O)(=O)c2c(C)noc2C)N2CCOCC2)o1. The van der Waals surface area contributed by atoms with Crippen LogP contribution in [-0.2, 0) is 14.8 Å². The van der Waals surface area contributed by atoms with Gasteiger partial charge in [0.25, 0.3) is 0 Å². The monoisotopic (exact) mass is 369 g/mol. The van der Waals surface area contributed by atoms with E-state index in [0.717, 1.165) is 24.6 Å². The summed E-state index contributed by atoms with van der Waals surface area (Å²) in [6, 6.07) is 3.57. The number of nitrogens with one attached hydrogen (secondary N) is 1. The molecule has 1 unspecified atom stereocenters. The number of hydrogen-bond donors (Lipinski definition) is 1. The summed E-state index contributed by atoms with van der Waals surface area (Å²) in [7, 11) is -3.72. The van der Waals surface area contributed by atoms with Gasteiger partial charge in [-0.25, -0.2) is 13.1 Å². The first-order chi connectivity index (χ1) is 11.9. The summed E-state index contributed by atoms with van der Waals surface area (Å²) >= 11 is 0. The van der Waals surface area contributed by atoms with Crippen molar-refractivity contribution in [3.05, 3.63) is 35.1 Å². The van der Waals surface area contributed by atoms with Gasteiger partial charge in [-0.15, -0.1) is 0 Å². The van der Waals surface area contributed by atoms with Gasteiger partial charge in [0.1, 0.15) is 22.1 Å². The third-order valence-corrected chi connectivity index (χ3v) is 5.95. The highest BCUT2D eigenvalue weighted by molar-refractivity contribution is 7.89. The minimum Gasteiger partial charge on any atom is -0.465 e. The summed E-state index contributed by atoms with van der Waals surface area (Å²) in [5.41, 5.74) is 0.349. The number of aromatic nitrogens is 1. The summed E-state index contributed by atoms with van der Waals surface area (Å²) in [5, 5.41) is 3.72. The Morgan fingerprint density at radius 2 is 1.96 bits per heavy atom. The number of hydrogen-bond acceptors (Lipinski definition) is 7. The fraction of sp³-hybridized carbons (Fsp3) is 0.562. The molecule has 0 spiro atoms. The van der Waals surface area contributed by atoms with Crippen LogP contribution in [0.4, 0.5) is 0 Å². The molecule has 0 amide bonds. The molecule has 8 nitrogen and oxygen atoms in total. The van der Waals surface area contributed by atoms with Crippen molar-refractivity contribution >= 4 is 10.0 Å². The van der Waals surface area contributed by atoms with Gasteiger partial charge in [0, 0.05) is 19.6 Å². The highest BCUT2D eigenvalue weighted by Crippen LogP contribution is 2.25. The minimum atomic E-state index is -3.72. The third-order valence-electron chi connectivity index (χ3n) is 4.28. The Balaban J connectivity index is 1.80. The van der Waals surface area contributed by atoms with E-state index in [-0.39, 0.29) is 23.2 Å². The average Bonchev–Trinajstić information content (AvgIpc) is 3.14. The standard InChI is InChI=1S/C16H23N3O5S/c1-11-4-5-15(23-11)14(19-6-8-22-9-7-19)10-17-25(20,21)16-12(2)18-24-13(16)3/h4-5,14,17H,6-10H2,1-3H3. The van der Waals surface area contributed by atoms with Crippen molar-refractivity contribution in [1.29, 1.82) is 0 Å². The molecule has 2 aromatic rings. The maximum absolute atomic E-state index is 12.7. The second kappa shape index (κ2) is 7.28. The Hall–Kier alpha value is -1.68. The van der Waals surface area contributed by atoms with Gasteiger partial charge in [-0.2, -0.15) is 0 Å². The van der Waals surface area contributed by atoms with Crippen molar-refractivity contribution in [3.63, 3.8) is 0 Å². The fourth-order valence-electron chi connectivity index (χ4n) is 3.05. The zero-order chi connectivity index (χ0) is 18.0. The molecule has 1 aliphatic rings. The summed E-state index contributed by atoms with van der Waals surface area (Å²) in [4.78, 5) is 2.27. The molecule has 1 fully saturated rings. The van der Waals surface area contributed by atoms with E-state index in [0.29, 0.717) is 18.9 Å². The van der Waals surface area contributed by atoms with Gasteiger partial charge in [-0.1, -0.05) is 5.16 Å². The molecule has 0 aromatic carbocycles. The fourth-order valence-corrected chi connectivity index (χ4v) is 4.41. The zero-order valence-electron chi connectivity index (χ0n) is 14.6. The molecule has 0 saturated carbocycles. The van der Waals surface area contributed by atoms with E-state index in [1.807, 2.05) is 19.1 Å². The van der Waals surface area contributed by atoms with Crippen LogP contribution < -0.4 is 4.72 Å². The normalized spacial score (nSPS) is 17.7. The van der Waals surface area contributed by atoms with Crippen LogP contribution in [0.5, 0.6) is 0 Å². The maximum atomic E-state index is 12.7. The van der Waals surface area contributed by atoms with Crippen molar-refractivity contribution < 1.29 is 22.1 Å². The lowest BCUT2D eigenvalue weighted by Crippen LogP contribution is -2.43. The molecule has 1 saturated heterocycles. The van der Waals surface area contributed by atoms with Crippen LogP contribution >= 0.6 is 0 Å². The van der Waals surface area contributed by atoms with Crippen LogP contribution in [0.1, 0.15) is 29.0 Å². The molecule has 1 aliphatic heterocycles. The lowest BCUT2D eigenvalue weighted by atomic mass is 10.2. The Morgan fingerprint density at radius 3 is 2.52 bits per heavy atom. The van der Waals surface area contributed by atoms with E-state index in [9.17, 15) is 8.42 Å². The Kier molecular flexibility index (Phi) is 5.28. The molecule has 1 atom stereocenters. The van der Waals surface area contributed by atoms with Gasteiger partial charge in [0.2, 0.25) is 10.0 Å². The molecule has 1 N–H and O–H groups in total. The Morgan fingerprint density at radius 1 is 1.24 bits per heavy atom. The highest BCUT2D eigenvalue weighted by atomic mass is 32.2. The van der Waals surface area contributed by atoms with Crippen LogP contribution in [0.15, 0.2) is 26.0 Å². The van der Waals surface area contributed by atoms with Crippen molar-refractivity contribution in [3.8, 4) is 0 Å². The zero-order valence-corrected chi connectivity index (χ0v) is 15.4. The van der Waals surface area contributed by atoms with Crippen molar-refractivity contribution in [2.75, 3.05) is 32.8 Å². The molecule has 0 aliphatic carbocycles. The number of nitrogens with zero attached hydrogens (tertiary/aromatic N) is 2. The minimum absolute atomic E-state index is 0.101. The van der Waals surface area contributed by atoms with E-state index in [2.05, 4.69) is 14.8 Å². The second-order valence-electron chi connectivity index (χ2n) is 6.12. The molecule has 3 heterocycles. The average molecular weight is 369 g/mol. The van der Waals surface area contributed by atoms with E-state index in [1.54, 1.807) is 13.8 Å². The number of furan rings is 1. The van der Waals surface area contributed by atoms with Gasteiger partial charge in [-0.05, 0) is 32.9 Å². The first kappa shape index (κ1) is 18.1. The number of aryl methyl sites for hydroxylation is 3. The first-order valence-corrected chi connectivity index (χ1v) is 9.67. The largest absolute Gasteiger partial charge is 0.465 e. The molecule has 9 heteroatoms. The van der Waals surface area contributed by atoms with Crippen molar-refractivity contribution in [2.45, 2.75) is 31.7 Å². The Labute approximate surface area is 147 Å². The summed E-state index contributed by atoms with van der Waals surface area (Å²) in [5.74, 6) is 1.81. The van der Waals surface area contributed by atoms with Crippen LogP contribution in [-0.4, -0.2) is 51.3 Å². The van der Waals surface area contributed by atoms with E-state index in [1.165, 1.54) is 0 Å². The third kappa shape index (κ3) is 3.95. The Bertz CT molecular complexity index is 801. The van der Waals surface area contributed by atoms with Gasteiger partial charge in [0.05, 0.1) is 19.3 Å². The summed E-state index contributed by atoms with van der Waals surface area (Å²) < 4.78 is 44.2. The smallest absolute Gasteiger partial charge is 0.246 e. The summed E-state index contributed by atoms with van der Waals surface area (Å²) in [6.45, 7) is 7.94. The molecular formula is C16H23N3O5S. The highest BCUT2D eigenvalue weighted by Gasteiger charge is 2.29. The molecule has 0 radical (unpaired) electrons. The quantitative estimate of drug-likeness (QED) is 0.825. The van der Waals surface area contributed by atoms with Crippen LogP contribution in [0.3, 0.4) is 0 Å². The molecule has 0 bridgehead atoms. The predicted octanol–water partition coefficient (Wildman–Crippen LogP) is 1.54. The lowest BCUT2D eigenvalue weighted by molar-refractivity contribution is 0.0127. The van der Waals surface area contributed by atoms with E-state index in [4.69, 9.17) is 13.7 Å². The predicted molar refractivity (Wildman–Crippen MR) is 89.7 cm³/mol. The topological polar surface area (TPSA) is 97.8 Å². The summed E-state index contributed by atoms with van der Waals surface area (Å²) in [6.07, 6.45) is 0. The number of sulfonamides is 1. The lowest BCUT2D eigenvalue weighted by Gasteiger charge is -2.33. The van der Waals surface area contributed by atoms with Gasteiger partial charge < -0.3 is 13.7 Å². The number of morpholine rings is 1. The van der Waals surface area contributed by atoms with Crippen LogP contribution in [0, 0.1) is 20.8 Å². The van der Waals surface area contributed by atoms with E-state index < -0.39 is 10.0 Å². The van der Waals surface area contributed by atoms with Crippen LogP contribution in [0.2, 0.25) is 0 Å². The van der Waals surface area contributed by atoms with Gasteiger partial charge in [0.15, 0.2) is 5.76 Å². The van der Waals surface area contributed by atoms with Crippen molar-refractivity contribution in [1.82, 2.24) is 14.8 Å². The number of rotatable bonds is 6. The number of ether oxygens (including phenoxy) is 1. The molecule has 138 valence electrons. The van der Waals surface area contributed by atoms with Gasteiger partial charge in [-0.3, -0.25) is 4.90 Å². The first-order valence-electron chi connectivity index (χ1n) is 8.19. The molecule has 2 aromatic heterocycles. The molecule has 3 rings (SSSR count). The van der Waals surface area contributed by atoms with Gasteiger partial charge >= 0.3 is 0 Å². The molecule has 25 heavy (non-hydrogen) atoms. The van der Waals surface area contributed by atoms with Crippen molar-refractivity contribution in [2.24, 2.45) is 0 Å². The maximum Gasteiger partial charge on any atom is 0.246 e. The van der Waals surface area contributed by atoms with Crippen LogP contribution in [0.25, 0.3) is 0 Å². The second-order valence-corrected chi connectivity index (χ2v) is 7.82. The molecular weight excluding hydrogens is 346 g/mol.